The van der Waals surface area contributed by atoms with Gasteiger partial charge < -0.3 is 4.74 Å². The van der Waals surface area contributed by atoms with Gasteiger partial charge in [-0.1, -0.05) is 0 Å². The van der Waals surface area contributed by atoms with Gasteiger partial charge in [0.05, 0.1) is 6.61 Å². The van der Waals surface area contributed by atoms with Crippen LogP contribution in [0.4, 0.5) is 13.2 Å². The predicted octanol–water partition coefficient (Wildman–Crippen LogP) is 1.15. The van der Waals surface area contributed by atoms with Crippen molar-refractivity contribution in [2.45, 2.75) is 19.5 Å². The number of alkyl halides is 3. The molecule has 1 saturated heterocycles. The summed E-state index contributed by atoms with van der Waals surface area (Å²) in [6, 6.07) is 0. The molecule has 1 atom stereocenters. The van der Waals surface area contributed by atoms with Crippen LogP contribution >= 0.6 is 0 Å². The maximum absolute atomic E-state index is 12.8. The second-order valence-electron chi connectivity index (χ2n) is 3.64. The molecule has 1 rings (SSSR count). The third-order valence-corrected chi connectivity index (χ3v) is 2.57. The van der Waals surface area contributed by atoms with Crippen molar-refractivity contribution < 1.29 is 17.9 Å². The van der Waals surface area contributed by atoms with Crippen molar-refractivity contribution in [3.05, 3.63) is 0 Å². The van der Waals surface area contributed by atoms with E-state index in [1.54, 1.807) is 6.92 Å². The maximum Gasteiger partial charge on any atom is 0.398 e. The highest BCUT2D eigenvalue weighted by Crippen LogP contribution is 2.44. The largest absolute Gasteiger partial charge is 0.398 e. The van der Waals surface area contributed by atoms with Crippen molar-refractivity contribution in [1.82, 2.24) is 5.01 Å². The van der Waals surface area contributed by atoms with Crippen LogP contribution in [0.1, 0.15) is 13.3 Å². The highest BCUT2D eigenvalue weighted by Gasteiger charge is 2.57. The molecule has 1 aliphatic rings. The van der Waals surface area contributed by atoms with Crippen LogP contribution in [0.15, 0.2) is 0 Å². The highest BCUT2D eigenvalue weighted by molar-refractivity contribution is 4.93. The van der Waals surface area contributed by atoms with Crippen LogP contribution in [0.25, 0.3) is 0 Å². The van der Waals surface area contributed by atoms with E-state index in [-0.39, 0.29) is 26.1 Å². The van der Waals surface area contributed by atoms with Crippen molar-refractivity contribution in [1.29, 1.82) is 0 Å². The Morgan fingerprint density at radius 3 is 2.50 bits per heavy atom. The smallest absolute Gasteiger partial charge is 0.381 e. The number of hydrazine groups is 1. The Labute approximate surface area is 81.0 Å². The lowest BCUT2D eigenvalue weighted by Gasteiger charge is -2.30. The van der Waals surface area contributed by atoms with Gasteiger partial charge in [0.1, 0.15) is 5.41 Å². The van der Waals surface area contributed by atoms with E-state index >= 15 is 0 Å². The van der Waals surface area contributed by atoms with E-state index in [0.717, 1.165) is 0 Å². The van der Waals surface area contributed by atoms with Crippen molar-refractivity contribution in [2.75, 3.05) is 26.3 Å². The average molecular weight is 212 g/mol. The van der Waals surface area contributed by atoms with Crippen LogP contribution in [0, 0.1) is 5.41 Å². The first-order valence-electron chi connectivity index (χ1n) is 4.55. The molecule has 3 nitrogen and oxygen atoms in total. The van der Waals surface area contributed by atoms with Crippen LogP contribution in [0.2, 0.25) is 0 Å². The lowest BCUT2D eigenvalue weighted by atomic mass is 9.87. The van der Waals surface area contributed by atoms with Crippen LogP contribution in [0.5, 0.6) is 0 Å². The fourth-order valence-electron chi connectivity index (χ4n) is 1.63. The summed E-state index contributed by atoms with van der Waals surface area (Å²) in [7, 11) is 0. The summed E-state index contributed by atoms with van der Waals surface area (Å²) in [5, 5.41) is 1.20. The summed E-state index contributed by atoms with van der Waals surface area (Å²) in [6.07, 6.45) is -4.22. The zero-order chi connectivity index (χ0) is 10.8. The Hall–Kier alpha value is -0.330. The van der Waals surface area contributed by atoms with Crippen molar-refractivity contribution in [3.63, 3.8) is 0 Å². The second-order valence-corrected chi connectivity index (χ2v) is 3.64. The number of rotatable bonds is 3. The predicted molar refractivity (Wildman–Crippen MR) is 45.4 cm³/mol. The third-order valence-electron chi connectivity index (χ3n) is 2.57. The zero-order valence-corrected chi connectivity index (χ0v) is 8.10. The number of nitrogens with two attached hydrogens (primary N) is 1. The molecular weight excluding hydrogens is 197 g/mol. The fourth-order valence-corrected chi connectivity index (χ4v) is 1.63. The lowest BCUT2D eigenvalue weighted by molar-refractivity contribution is -0.235. The van der Waals surface area contributed by atoms with E-state index in [0.29, 0.717) is 6.61 Å². The topological polar surface area (TPSA) is 38.5 Å². The first-order valence-corrected chi connectivity index (χ1v) is 4.55. The van der Waals surface area contributed by atoms with Gasteiger partial charge in [-0.25, -0.2) is 5.01 Å². The van der Waals surface area contributed by atoms with Gasteiger partial charge in [-0.2, -0.15) is 13.2 Å². The quantitative estimate of drug-likeness (QED) is 0.713. The number of nitrogens with zero attached hydrogens (tertiary/aromatic N) is 1. The molecule has 0 aliphatic carbocycles. The summed E-state index contributed by atoms with van der Waals surface area (Å²) < 4.78 is 43.1. The Morgan fingerprint density at radius 1 is 1.50 bits per heavy atom. The molecule has 84 valence electrons. The van der Waals surface area contributed by atoms with Crippen LogP contribution in [-0.4, -0.2) is 37.5 Å². The summed E-state index contributed by atoms with van der Waals surface area (Å²) >= 11 is 0. The normalized spacial score (nSPS) is 29.8. The number of ether oxygens (including phenoxy) is 1. The molecule has 0 bridgehead atoms. The van der Waals surface area contributed by atoms with Gasteiger partial charge in [0, 0.05) is 19.7 Å². The van der Waals surface area contributed by atoms with Crippen molar-refractivity contribution in [3.8, 4) is 0 Å². The Morgan fingerprint density at radius 2 is 2.14 bits per heavy atom. The van der Waals surface area contributed by atoms with E-state index in [9.17, 15) is 13.2 Å². The molecule has 0 radical (unpaired) electrons. The second kappa shape index (κ2) is 4.04. The molecule has 6 heteroatoms. The van der Waals surface area contributed by atoms with Gasteiger partial charge in [-0.05, 0) is 13.3 Å². The molecule has 1 aliphatic heterocycles. The molecule has 0 spiro atoms. The third kappa shape index (κ3) is 2.18. The fraction of sp³-hybridized carbons (Fsp3) is 1.00. The monoisotopic (exact) mass is 212 g/mol. The maximum atomic E-state index is 12.8. The van der Waals surface area contributed by atoms with E-state index in [2.05, 4.69) is 0 Å². The number of hydrogen-bond acceptors (Lipinski definition) is 3. The Balaban J connectivity index is 2.70. The molecular formula is C8H15F3N2O. The molecule has 2 N–H and O–H groups in total. The van der Waals surface area contributed by atoms with E-state index in [1.807, 2.05) is 0 Å². The summed E-state index contributed by atoms with van der Waals surface area (Å²) in [4.78, 5) is 0. The minimum absolute atomic E-state index is 0.0208. The van der Waals surface area contributed by atoms with Crippen molar-refractivity contribution >= 4 is 0 Å². The molecule has 14 heavy (non-hydrogen) atoms. The molecule has 0 amide bonds. The molecule has 0 unspecified atom stereocenters. The van der Waals surface area contributed by atoms with Gasteiger partial charge in [-0.15, -0.1) is 0 Å². The molecule has 0 saturated carbocycles. The zero-order valence-electron chi connectivity index (χ0n) is 8.10. The van der Waals surface area contributed by atoms with E-state index < -0.39 is 11.6 Å². The van der Waals surface area contributed by atoms with Crippen LogP contribution in [-0.2, 0) is 4.74 Å². The summed E-state index contributed by atoms with van der Waals surface area (Å²) in [5.74, 6) is 5.36. The Bertz CT molecular complexity index is 198. The van der Waals surface area contributed by atoms with Gasteiger partial charge in [-0.3, -0.25) is 5.84 Å². The highest BCUT2D eigenvalue weighted by atomic mass is 19.4. The molecule has 0 aromatic carbocycles. The van der Waals surface area contributed by atoms with Gasteiger partial charge in [0.15, 0.2) is 0 Å². The SMILES string of the molecule is CCOC[C@]1(C(F)(F)F)CCN(N)C1. The lowest BCUT2D eigenvalue weighted by Crippen LogP contribution is -2.45. The molecule has 0 aromatic rings. The van der Waals surface area contributed by atoms with E-state index in [4.69, 9.17) is 10.6 Å². The standard InChI is InChI=1S/C8H15F3N2O/c1-2-14-6-7(8(9,10)11)3-4-13(12)5-7/h2-6,12H2,1H3/t7-/m0/s1. The molecule has 1 fully saturated rings. The van der Waals surface area contributed by atoms with Crippen molar-refractivity contribution in [2.24, 2.45) is 11.3 Å². The number of hydrogen-bond donors (Lipinski definition) is 1. The van der Waals surface area contributed by atoms with Crippen LogP contribution < -0.4 is 5.84 Å². The Kier molecular flexibility index (Phi) is 3.39. The minimum Gasteiger partial charge on any atom is -0.381 e. The van der Waals surface area contributed by atoms with Gasteiger partial charge in [0.2, 0.25) is 0 Å². The summed E-state index contributed by atoms with van der Waals surface area (Å²) in [5.41, 5.74) is -1.77. The number of halogens is 3. The van der Waals surface area contributed by atoms with E-state index in [1.165, 1.54) is 5.01 Å². The first kappa shape index (κ1) is 11.7. The minimum atomic E-state index is -4.24. The van der Waals surface area contributed by atoms with Gasteiger partial charge >= 0.3 is 6.18 Å². The first-order chi connectivity index (χ1) is 6.41. The molecule has 1 heterocycles. The van der Waals surface area contributed by atoms with Gasteiger partial charge in [0.25, 0.3) is 0 Å². The van der Waals surface area contributed by atoms with Crippen LogP contribution in [0.3, 0.4) is 0 Å². The summed E-state index contributed by atoms with van der Waals surface area (Å²) in [6.45, 7) is 1.78. The molecule has 0 aromatic heterocycles. The average Bonchev–Trinajstić information content (AvgIpc) is 2.44.